The summed E-state index contributed by atoms with van der Waals surface area (Å²) in [5, 5.41) is 0. The topological polar surface area (TPSA) is 20.3 Å². The van der Waals surface area contributed by atoms with Crippen LogP contribution in [0.15, 0.2) is 17.9 Å². The number of amides is 1. The van der Waals surface area contributed by atoms with Crippen molar-refractivity contribution in [2.24, 2.45) is 5.92 Å². The van der Waals surface area contributed by atoms with Crippen molar-refractivity contribution in [1.82, 2.24) is 4.90 Å². The standard InChI is InChI=1S/C11H15NO/c1-6-8-12(5)11(13)10(7-2)9(3)4/h1,9H,2,8H2,3-5H3. The lowest BCUT2D eigenvalue weighted by molar-refractivity contribution is -0.125. The average Bonchev–Trinajstić information content (AvgIpc) is 2.05. The molecule has 0 atom stereocenters. The molecule has 0 rings (SSSR count). The first-order valence-corrected chi connectivity index (χ1v) is 4.13. The molecule has 2 heteroatoms. The molecule has 0 bridgehead atoms. The van der Waals surface area contributed by atoms with Crippen LogP contribution in [0.5, 0.6) is 0 Å². The Morgan fingerprint density at radius 2 is 2.15 bits per heavy atom. The average molecular weight is 177 g/mol. The van der Waals surface area contributed by atoms with Crippen molar-refractivity contribution in [3.8, 4) is 12.3 Å². The molecule has 0 aromatic heterocycles. The Morgan fingerprint density at radius 1 is 1.62 bits per heavy atom. The molecule has 70 valence electrons. The Labute approximate surface area is 79.9 Å². The molecule has 0 unspecified atom stereocenters. The van der Waals surface area contributed by atoms with E-state index in [0.29, 0.717) is 12.1 Å². The number of terminal acetylenes is 1. The van der Waals surface area contributed by atoms with Crippen LogP contribution in [0.25, 0.3) is 0 Å². The Morgan fingerprint density at radius 3 is 2.46 bits per heavy atom. The van der Waals surface area contributed by atoms with Gasteiger partial charge in [0.2, 0.25) is 0 Å². The van der Waals surface area contributed by atoms with Crippen molar-refractivity contribution in [3.05, 3.63) is 17.9 Å². The van der Waals surface area contributed by atoms with E-state index in [1.165, 1.54) is 4.90 Å². The number of carbonyl (C=O) groups excluding carboxylic acids is 1. The monoisotopic (exact) mass is 177 g/mol. The molecular weight excluding hydrogens is 162 g/mol. The van der Waals surface area contributed by atoms with E-state index >= 15 is 0 Å². The lowest BCUT2D eigenvalue weighted by Crippen LogP contribution is -2.29. The molecular formula is C11H15NO. The fourth-order valence-corrected chi connectivity index (χ4v) is 0.941. The molecule has 0 saturated carbocycles. The molecule has 0 spiro atoms. The minimum absolute atomic E-state index is 0.0945. The third-order valence-corrected chi connectivity index (χ3v) is 1.67. The van der Waals surface area contributed by atoms with Crippen LogP contribution in [-0.2, 0) is 4.79 Å². The molecule has 0 N–H and O–H groups in total. The first-order valence-electron chi connectivity index (χ1n) is 4.13. The number of carbonyl (C=O) groups is 1. The quantitative estimate of drug-likeness (QED) is 0.363. The molecule has 0 radical (unpaired) electrons. The molecule has 0 fully saturated rings. The van der Waals surface area contributed by atoms with Crippen LogP contribution in [0.2, 0.25) is 0 Å². The molecule has 0 aliphatic rings. The van der Waals surface area contributed by atoms with E-state index in [0.717, 1.165) is 0 Å². The summed E-state index contributed by atoms with van der Waals surface area (Å²) in [6.45, 7) is 7.65. The summed E-state index contributed by atoms with van der Waals surface area (Å²) >= 11 is 0. The van der Waals surface area contributed by atoms with Gasteiger partial charge in [0.05, 0.1) is 12.1 Å². The summed E-state index contributed by atoms with van der Waals surface area (Å²) in [4.78, 5) is 13.1. The first-order chi connectivity index (χ1) is 6.04. The van der Waals surface area contributed by atoms with E-state index in [9.17, 15) is 4.79 Å². The van der Waals surface area contributed by atoms with Crippen molar-refractivity contribution in [1.29, 1.82) is 0 Å². The summed E-state index contributed by atoms with van der Waals surface area (Å²) in [5.41, 5.74) is 3.23. The van der Waals surface area contributed by atoms with Crippen molar-refractivity contribution in [2.45, 2.75) is 13.8 Å². The van der Waals surface area contributed by atoms with Crippen LogP contribution in [0.3, 0.4) is 0 Å². The van der Waals surface area contributed by atoms with Gasteiger partial charge in [-0.3, -0.25) is 4.79 Å². The van der Waals surface area contributed by atoms with Gasteiger partial charge in [0.25, 0.3) is 5.91 Å². The van der Waals surface area contributed by atoms with Gasteiger partial charge in [-0.2, -0.15) is 0 Å². The highest BCUT2D eigenvalue weighted by molar-refractivity contribution is 5.93. The maximum Gasteiger partial charge on any atom is 0.258 e. The Balaban J connectivity index is 4.60. The second kappa shape index (κ2) is 5.24. The van der Waals surface area contributed by atoms with Crippen molar-refractivity contribution in [3.63, 3.8) is 0 Å². The first kappa shape index (κ1) is 11.6. The Hall–Kier alpha value is -1.45. The van der Waals surface area contributed by atoms with Crippen molar-refractivity contribution >= 4 is 5.91 Å². The van der Waals surface area contributed by atoms with Crippen LogP contribution >= 0.6 is 0 Å². The number of rotatable bonds is 3. The molecule has 1 amide bonds. The van der Waals surface area contributed by atoms with Crippen LogP contribution in [-0.4, -0.2) is 24.4 Å². The lowest BCUT2D eigenvalue weighted by Gasteiger charge is -2.16. The Kier molecular flexibility index (Phi) is 4.66. The van der Waals surface area contributed by atoms with E-state index in [1.54, 1.807) is 7.05 Å². The van der Waals surface area contributed by atoms with Gasteiger partial charge in [-0.25, -0.2) is 0 Å². The summed E-state index contributed by atoms with van der Waals surface area (Å²) in [7, 11) is 1.67. The van der Waals surface area contributed by atoms with Gasteiger partial charge in [-0.1, -0.05) is 26.3 Å². The molecule has 13 heavy (non-hydrogen) atoms. The number of hydrogen-bond donors (Lipinski definition) is 0. The number of nitrogens with zero attached hydrogens (tertiary/aromatic N) is 1. The zero-order valence-corrected chi connectivity index (χ0v) is 8.42. The second-order valence-corrected chi connectivity index (χ2v) is 3.11. The van der Waals surface area contributed by atoms with Gasteiger partial charge in [-0.05, 0) is 5.92 Å². The van der Waals surface area contributed by atoms with E-state index in [2.05, 4.69) is 18.2 Å². The highest BCUT2D eigenvalue weighted by atomic mass is 16.2. The van der Waals surface area contributed by atoms with Gasteiger partial charge in [0.1, 0.15) is 0 Å². The largest absolute Gasteiger partial charge is 0.330 e. The summed E-state index contributed by atoms with van der Waals surface area (Å²) < 4.78 is 0. The zero-order chi connectivity index (χ0) is 10.4. The van der Waals surface area contributed by atoms with Crippen LogP contribution in [0.4, 0.5) is 0 Å². The molecule has 0 aromatic carbocycles. The van der Waals surface area contributed by atoms with Gasteiger partial charge in [0, 0.05) is 7.05 Å². The summed E-state index contributed by atoms with van der Waals surface area (Å²) in [6, 6.07) is 0. The molecule has 0 aliphatic heterocycles. The Bertz CT molecular complexity index is 277. The van der Waals surface area contributed by atoms with E-state index in [4.69, 9.17) is 6.42 Å². The third kappa shape index (κ3) is 3.19. The number of likely N-dealkylation sites (N-methyl/N-ethyl adjacent to an activating group) is 1. The lowest BCUT2D eigenvalue weighted by atomic mass is 10.0. The highest BCUT2D eigenvalue weighted by Gasteiger charge is 2.15. The summed E-state index contributed by atoms with van der Waals surface area (Å²) in [5.74, 6) is 2.45. The summed E-state index contributed by atoms with van der Waals surface area (Å²) in [6.07, 6.45) is 5.10. The highest BCUT2D eigenvalue weighted by Crippen LogP contribution is 2.10. The van der Waals surface area contributed by atoms with Gasteiger partial charge in [0.15, 0.2) is 0 Å². The van der Waals surface area contributed by atoms with Crippen molar-refractivity contribution < 1.29 is 4.79 Å². The van der Waals surface area contributed by atoms with Crippen molar-refractivity contribution in [2.75, 3.05) is 13.6 Å². The fourth-order valence-electron chi connectivity index (χ4n) is 0.941. The smallest absolute Gasteiger partial charge is 0.258 e. The minimum Gasteiger partial charge on any atom is -0.330 e. The van der Waals surface area contributed by atoms with E-state index < -0.39 is 0 Å². The molecule has 0 aliphatic carbocycles. The van der Waals surface area contributed by atoms with Crippen LogP contribution in [0.1, 0.15) is 13.8 Å². The van der Waals surface area contributed by atoms with E-state index in [1.807, 2.05) is 13.8 Å². The maximum atomic E-state index is 11.6. The van der Waals surface area contributed by atoms with E-state index in [-0.39, 0.29) is 11.8 Å². The normalized spacial score (nSPS) is 8.85. The second-order valence-electron chi connectivity index (χ2n) is 3.11. The maximum absolute atomic E-state index is 11.6. The SMILES string of the molecule is C#CCN(C)C(=O)C(=C=C)C(C)C. The zero-order valence-electron chi connectivity index (χ0n) is 8.42. The van der Waals surface area contributed by atoms with Gasteiger partial charge >= 0.3 is 0 Å². The molecule has 0 heterocycles. The van der Waals surface area contributed by atoms with Gasteiger partial charge in [-0.15, -0.1) is 12.2 Å². The molecule has 0 saturated heterocycles. The minimum atomic E-state index is -0.0945. The fraction of sp³-hybridized carbons (Fsp3) is 0.455. The van der Waals surface area contributed by atoms with Gasteiger partial charge < -0.3 is 4.90 Å². The predicted molar refractivity (Wildman–Crippen MR) is 54.0 cm³/mol. The third-order valence-electron chi connectivity index (χ3n) is 1.67. The van der Waals surface area contributed by atoms with Crippen LogP contribution < -0.4 is 0 Å². The molecule has 0 aromatic rings. The number of hydrogen-bond acceptors (Lipinski definition) is 1. The molecule has 2 nitrogen and oxygen atoms in total. The predicted octanol–water partition coefficient (Wildman–Crippen LogP) is 1.45. The van der Waals surface area contributed by atoms with Crippen LogP contribution in [0, 0.1) is 18.3 Å².